The van der Waals surface area contributed by atoms with E-state index in [9.17, 15) is 9.59 Å². The predicted molar refractivity (Wildman–Crippen MR) is 65.0 cm³/mol. The van der Waals surface area contributed by atoms with Crippen LogP contribution in [-0.2, 0) is 16.0 Å². The fraction of sp³-hybridized carbons (Fsp3) is 0.500. The second-order valence-electron chi connectivity index (χ2n) is 4.64. The van der Waals surface area contributed by atoms with Crippen LogP contribution in [0.3, 0.4) is 0 Å². The zero-order valence-electron chi connectivity index (χ0n) is 9.55. The molecule has 1 aromatic rings. The molecule has 2 aliphatic rings. The van der Waals surface area contributed by atoms with Gasteiger partial charge in [0.15, 0.2) is 0 Å². The Kier molecular flexibility index (Phi) is 2.37. The molecule has 17 heavy (non-hydrogen) atoms. The van der Waals surface area contributed by atoms with Crippen molar-refractivity contribution in [1.82, 2.24) is 4.34 Å². The van der Waals surface area contributed by atoms with Gasteiger partial charge in [0, 0.05) is 17.5 Å². The van der Waals surface area contributed by atoms with Gasteiger partial charge in [0.25, 0.3) is 0 Å². The molecule has 0 N–H and O–H groups in total. The van der Waals surface area contributed by atoms with Gasteiger partial charge >= 0.3 is 5.97 Å². The molecule has 2 aliphatic carbocycles. The SMILES string of the molecule is CCOC(=O)c1cc2c(n1P)C1C(C=O)C1C2. The van der Waals surface area contributed by atoms with Gasteiger partial charge in [-0.2, -0.15) is 0 Å². The highest BCUT2D eigenvalue weighted by Crippen LogP contribution is 2.61. The first-order chi connectivity index (χ1) is 8.19. The van der Waals surface area contributed by atoms with E-state index < -0.39 is 0 Å². The third kappa shape index (κ3) is 1.40. The van der Waals surface area contributed by atoms with E-state index in [4.69, 9.17) is 4.74 Å². The number of carbonyl (C=O) groups is 2. The Labute approximate surface area is 102 Å². The van der Waals surface area contributed by atoms with Crippen LogP contribution in [0.5, 0.6) is 0 Å². The van der Waals surface area contributed by atoms with Crippen molar-refractivity contribution in [3.63, 3.8) is 0 Å². The van der Waals surface area contributed by atoms with Gasteiger partial charge in [-0.25, -0.2) is 4.79 Å². The van der Waals surface area contributed by atoms with Gasteiger partial charge in [-0.1, -0.05) is 0 Å². The molecule has 0 saturated heterocycles. The number of hydrogen-bond donors (Lipinski definition) is 0. The highest BCUT2D eigenvalue weighted by molar-refractivity contribution is 7.14. The molecule has 4 atom stereocenters. The van der Waals surface area contributed by atoms with Gasteiger partial charge in [-0.15, -0.1) is 0 Å². The Balaban J connectivity index is 1.94. The lowest BCUT2D eigenvalue weighted by atomic mass is 10.1. The summed E-state index contributed by atoms with van der Waals surface area (Å²) >= 11 is 0. The van der Waals surface area contributed by atoms with Crippen LogP contribution in [-0.4, -0.2) is 23.2 Å². The van der Waals surface area contributed by atoms with Crippen molar-refractivity contribution in [3.05, 3.63) is 23.0 Å². The fourth-order valence-electron chi connectivity index (χ4n) is 2.98. The summed E-state index contributed by atoms with van der Waals surface area (Å²) in [7, 11) is 2.56. The van der Waals surface area contributed by atoms with Crippen LogP contribution in [0.1, 0.15) is 34.6 Å². The second kappa shape index (κ2) is 3.67. The third-order valence-corrected chi connectivity index (χ3v) is 4.36. The summed E-state index contributed by atoms with van der Waals surface area (Å²) in [4.78, 5) is 22.6. The van der Waals surface area contributed by atoms with Crippen molar-refractivity contribution in [2.75, 3.05) is 6.61 Å². The number of ether oxygens (including phenoxy) is 1. The monoisotopic (exact) mass is 251 g/mol. The average molecular weight is 251 g/mol. The van der Waals surface area contributed by atoms with Crippen molar-refractivity contribution < 1.29 is 14.3 Å². The molecule has 0 bridgehead atoms. The molecule has 0 spiro atoms. The molecule has 4 nitrogen and oxygen atoms in total. The van der Waals surface area contributed by atoms with Crippen LogP contribution in [0, 0.1) is 11.8 Å². The first-order valence-electron chi connectivity index (χ1n) is 5.81. The molecule has 3 rings (SSSR count). The molecule has 0 amide bonds. The largest absolute Gasteiger partial charge is 0.461 e. The van der Waals surface area contributed by atoms with E-state index in [1.807, 2.05) is 10.4 Å². The minimum atomic E-state index is -0.295. The summed E-state index contributed by atoms with van der Waals surface area (Å²) in [6.45, 7) is 2.17. The summed E-state index contributed by atoms with van der Waals surface area (Å²) in [5, 5.41) is 0. The lowest BCUT2D eigenvalue weighted by Crippen LogP contribution is -2.08. The number of fused-ring (bicyclic) bond motifs is 3. The normalized spacial score (nSPS) is 28.5. The Morgan fingerprint density at radius 2 is 2.47 bits per heavy atom. The van der Waals surface area contributed by atoms with E-state index >= 15 is 0 Å². The van der Waals surface area contributed by atoms with E-state index in [2.05, 4.69) is 9.39 Å². The number of hydrogen-bond acceptors (Lipinski definition) is 3. The number of nitrogens with zero attached hydrogens (tertiary/aromatic N) is 1. The minimum absolute atomic E-state index is 0.159. The Morgan fingerprint density at radius 3 is 3.12 bits per heavy atom. The molecule has 1 heterocycles. The Hall–Kier alpha value is -1.15. The molecule has 4 unspecified atom stereocenters. The molecule has 0 radical (unpaired) electrons. The van der Waals surface area contributed by atoms with Crippen molar-refractivity contribution in [2.24, 2.45) is 11.8 Å². The minimum Gasteiger partial charge on any atom is -0.461 e. The van der Waals surface area contributed by atoms with E-state index in [-0.39, 0.29) is 11.9 Å². The van der Waals surface area contributed by atoms with Crippen molar-refractivity contribution in [3.8, 4) is 0 Å². The van der Waals surface area contributed by atoms with Gasteiger partial charge in [-0.3, -0.25) is 0 Å². The van der Waals surface area contributed by atoms with Crippen LogP contribution < -0.4 is 0 Å². The second-order valence-corrected chi connectivity index (χ2v) is 5.15. The van der Waals surface area contributed by atoms with Gasteiger partial charge in [0.2, 0.25) is 0 Å². The number of aldehydes is 1. The van der Waals surface area contributed by atoms with Gasteiger partial charge < -0.3 is 13.9 Å². The number of carbonyl (C=O) groups excluding carboxylic acids is 2. The summed E-state index contributed by atoms with van der Waals surface area (Å²) in [5.41, 5.74) is 2.88. The maximum Gasteiger partial charge on any atom is 0.355 e. The van der Waals surface area contributed by atoms with Crippen molar-refractivity contribution in [1.29, 1.82) is 0 Å². The fourth-order valence-corrected chi connectivity index (χ4v) is 3.50. The van der Waals surface area contributed by atoms with E-state index in [0.29, 0.717) is 24.1 Å². The lowest BCUT2D eigenvalue weighted by molar-refractivity contribution is -0.109. The number of aromatic nitrogens is 1. The van der Waals surface area contributed by atoms with Crippen molar-refractivity contribution in [2.45, 2.75) is 19.3 Å². The quantitative estimate of drug-likeness (QED) is 0.463. The summed E-state index contributed by atoms with van der Waals surface area (Å²) < 4.78 is 6.83. The Bertz CT molecular complexity index is 508. The molecular formula is C12H14NO3P. The van der Waals surface area contributed by atoms with Crippen LogP contribution in [0.4, 0.5) is 0 Å². The zero-order valence-corrected chi connectivity index (χ0v) is 10.7. The summed E-state index contributed by atoms with van der Waals surface area (Å²) in [6.07, 6.45) is 1.96. The lowest BCUT2D eigenvalue weighted by Gasteiger charge is -2.06. The van der Waals surface area contributed by atoms with E-state index in [1.54, 1.807) is 6.92 Å². The highest BCUT2D eigenvalue weighted by Gasteiger charge is 2.57. The molecule has 5 heteroatoms. The van der Waals surface area contributed by atoms with E-state index in [1.165, 1.54) is 5.56 Å². The Morgan fingerprint density at radius 1 is 1.71 bits per heavy atom. The molecule has 1 fully saturated rings. The maximum atomic E-state index is 11.7. The average Bonchev–Trinajstić information content (AvgIpc) is 2.68. The van der Waals surface area contributed by atoms with Crippen LogP contribution in [0.25, 0.3) is 0 Å². The van der Waals surface area contributed by atoms with Crippen LogP contribution in [0.2, 0.25) is 0 Å². The highest BCUT2D eigenvalue weighted by atomic mass is 31.0. The summed E-state index contributed by atoms with van der Waals surface area (Å²) in [5.74, 6) is 0.659. The number of rotatable bonds is 3. The molecule has 1 aromatic heterocycles. The smallest absolute Gasteiger partial charge is 0.355 e. The summed E-state index contributed by atoms with van der Waals surface area (Å²) in [6, 6.07) is 1.90. The van der Waals surface area contributed by atoms with Crippen LogP contribution in [0.15, 0.2) is 6.07 Å². The molecule has 90 valence electrons. The molecule has 0 aliphatic heterocycles. The van der Waals surface area contributed by atoms with Gasteiger partial charge in [0.05, 0.1) is 6.61 Å². The maximum absolute atomic E-state index is 11.7. The van der Waals surface area contributed by atoms with Crippen LogP contribution >= 0.6 is 9.39 Å². The molecular weight excluding hydrogens is 237 g/mol. The predicted octanol–water partition coefficient (Wildman–Crippen LogP) is 1.39. The van der Waals surface area contributed by atoms with Crippen molar-refractivity contribution >= 4 is 21.6 Å². The van der Waals surface area contributed by atoms with E-state index in [0.717, 1.165) is 18.4 Å². The standard InChI is InChI=1S/C12H14NO3P/c1-2-16-12(15)9-4-6-3-7-8(5-14)10(7)11(6)13(9)17/h4-5,7-8,10H,2-3,17H2,1H3. The first-order valence-corrected chi connectivity index (χ1v) is 6.32. The molecule has 1 saturated carbocycles. The topological polar surface area (TPSA) is 48.3 Å². The zero-order chi connectivity index (χ0) is 12.2. The van der Waals surface area contributed by atoms with Gasteiger partial charge in [-0.05, 0) is 40.3 Å². The van der Waals surface area contributed by atoms with Gasteiger partial charge in [0.1, 0.15) is 12.0 Å². The first kappa shape index (κ1) is 11.0. The number of esters is 1. The molecule has 0 aromatic carbocycles. The third-order valence-electron chi connectivity index (χ3n) is 3.80.